The normalized spacial score (nSPS) is 14.9. The molecule has 0 radical (unpaired) electrons. The molecule has 0 bridgehead atoms. The summed E-state index contributed by atoms with van der Waals surface area (Å²) in [5, 5.41) is 10.6. The number of rotatable bonds is 3. The number of methoxy groups -OCH3 is 1. The third-order valence-electron chi connectivity index (χ3n) is 2.46. The molecule has 0 aliphatic carbocycles. The zero-order valence-electron chi connectivity index (χ0n) is 8.67. The highest BCUT2D eigenvalue weighted by Gasteiger charge is 2.21. The van der Waals surface area contributed by atoms with Crippen LogP contribution in [0.4, 0.5) is 0 Å². The molecule has 0 heterocycles. The van der Waals surface area contributed by atoms with Gasteiger partial charge in [0.2, 0.25) is 0 Å². The average Bonchev–Trinajstić information content (AvgIpc) is 2.18. The molecule has 1 atom stereocenters. The lowest BCUT2D eigenvalue weighted by molar-refractivity contribution is 0.0529. The number of benzene rings is 1. The molecule has 14 heavy (non-hydrogen) atoms. The number of aliphatic hydroxyl groups is 1. The fourth-order valence-corrected chi connectivity index (χ4v) is 1.39. The first-order valence-corrected chi connectivity index (χ1v) is 4.95. The van der Waals surface area contributed by atoms with Crippen LogP contribution in [-0.2, 0) is 5.60 Å². The Labute approximate surface area is 89.5 Å². The average molecular weight is 215 g/mol. The Morgan fingerprint density at radius 1 is 1.50 bits per heavy atom. The molecule has 3 heteroatoms. The van der Waals surface area contributed by atoms with Gasteiger partial charge in [-0.05, 0) is 31.0 Å². The van der Waals surface area contributed by atoms with E-state index in [1.165, 1.54) is 0 Å². The van der Waals surface area contributed by atoms with Gasteiger partial charge in [0.25, 0.3) is 0 Å². The SMILES string of the molecule is CCC(C)(O)c1ccc(Cl)c(OC)c1. The van der Waals surface area contributed by atoms with E-state index in [0.717, 1.165) is 5.56 Å². The highest BCUT2D eigenvalue weighted by atomic mass is 35.5. The maximum absolute atomic E-state index is 10.0. The quantitative estimate of drug-likeness (QED) is 0.839. The van der Waals surface area contributed by atoms with Gasteiger partial charge >= 0.3 is 0 Å². The number of ether oxygens (including phenoxy) is 1. The predicted octanol–water partition coefficient (Wildman–Crippen LogP) is 2.97. The lowest BCUT2D eigenvalue weighted by Crippen LogP contribution is -2.19. The Morgan fingerprint density at radius 3 is 2.64 bits per heavy atom. The Balaban J connectivity index is 3.12. The Bertz CT molecular complexity index is 321. The van der Waals surface area contributed by atoms with Crippen molar-refractivity contribution in [3.63, 3.8) is 0 Å². The molecule has 0 amide bonds. The van der Waals surface area contributed by atoms with E-state index in [9.17, 15) is 5.11 Å². The van der Waals surface area contributed by atoms with Gasteiger partial charge < -0.3 is 9.84 Å². The first kappa shape index (κ1) is 11.3. The van der Waals surface area contributed by atoms with Crippen molar-refractivity contribution in [3.8, 4) is 5.75 Å². The van der Waals surface area contributed by atoms with Crippen molar-refractivity contribution in [2.45, 2.75) is 25.9 Å². The second-order valence-corrected chi connectivity index (χ2v) is 3.88. The van der Waals surface area contributed by atoms with Crippen LogP contribution >= 0.6 is 11.6 Å². The summed E-state index contributed by atoms with van der Waals surface area (Å²) in [5.74, 6) is 0.595. The standard InChI is InChI=1S/C11H15ClO2/c1-4-11(2,13)8-5-6-9(12)10(7-8)14-3/h5-7,13H,4H2,1-3H3. The molecule has 0 saturated carbocycles. The van der Waals surface area contributed by atoms with Crippen molar-refractivity contribution in [1.82, 2.24) is 0 Å². The van der Waals surface area contributed by atoms with Gasteiger partial charge in [-0.15, -0.1) is 0 Å². The maximum Gasteiger partial charge on any atom is 0.137 e. The molecule has 0 aromatic heterocycles. The molecule has 0 aliphatic heterocycles. The fraction of sp³-hybridized carbons (Fsp3) is 0.455. The summed E-state index contributed by atoms with van der Waals surface area (Å²) in [7, 11) is 1.56. The zero-order valence-corrected chi connectivity index (χ0v) is 9.43. The molecule has 1 N–H and O–H groups in total. The summed E-state index contributed by atoms with van der Waals surface area (Å²) < 4.78 is 5.08. The molecule has 1 rings (SSSR count). The molecule has 0 spiro atoms. The molecule has 78 valence electrons. The van der Waals surface area contributed by atoms with E-state index in [-0.39, 0.29) is 0 Å². The third kappa shape index (κ3) is 2.20. The Kier molecular flexibility index (Phi) is 3.40. The van der Waals surface area contributed by atoms with Crippen molar-refractivity contribution in [1.29, 1.82) is 0 Å². The summed E-state index contributed by atoms with van der Waals surface area (Å²) in [6, 6.07) is 5.32. The number of halogens is 1. The second kappa shape index (κ2) is 4.20. The van der Waals surface area contributed by atoms with Gasteiger partial charge in [0.1, 0.15) is 5.75 Å². The lowest BCUT2D eigenvalue weighted by Gasteiger charge is -2.22. The fourth-order valence-electron chi connectivity index (χ4n) is 1.20. The number of hydrogen-bond donors (Lipinski definition) is 1. The molecule has 0 saturated heterocycles. The topological polar surface area (TPSA) is 29.5 Å². The minimum atomic E-state index is -0.822. The number of hydrogen-bond acceptors (Lipinski definition) is 2. The van der Waals surface area contributed by atoms with Crippen molar-refractivity contribution in [3.05, 3.63) is 28.8 Å². The van der Waals surface area contributed by atoms with Gasteiger partial charge in [-0.2, -0.15) is 0 Å². The minimum absolute atomic E-state index is 0.558. The van der Waals surface area contributed by atoms with E-state index in [0.29, 0.717) is 17.2 Å². The molecule has 1 aromatic carbocycles. The van der Waals surface area contributed by atoms with Crippen LogP contribution in [0, 0.1) is 0 Å². The van der Waals surface area contributed by atoms with Gasteiger partial charge in [-0.1, -0.05) is 24.6 Å². The molecule has 0 aliphatic rings. The maximum atomic E-state index is 10.0. The first-order chi connectivity index (χ1) is 6.51. The van der Waals surface area contributed by atoms with E-state index >= 15 is 0 Å². The van der Waals surface area contributed by atoms with Crippen LogP contribution < -0.4 is 4.74 Å². The highest BCUT2D eigenvalue weighted by Crippen LogP contribution is 2.31. The van der Waals surface area contributed by atoms with Crippen LogP contribution in [0.2, 0.25) is 5.02 Å². The monoisotopic (exact) mass is 214 g/mol. The van der Waals surface area contributed by atoms with Crippen LogP contribution in [-0.4, -0.2) is 12.2 Å². The summed E-state index contributed by atoms with van der Waals surface area (Å²) in [6.45, 7) is 3.71. The van der Waals surface area contributed by atoms with Crippen molar-refractivity contribution < 1.29 is 9.84 Å². The van der Waals surface area contributed by atoms with E-state index in [1.54, 1.807) is 26.2 Å². The van der Waals surface area contributed by atoms with Crippen LogP contribution in [0.5, 0.6) is 5.75 Å². The van der Waals surface area contributed by atoms with Gasteiger partial charge in [-0.25, -0.2) is 0 Å². The second-order valence-electron chi connectivity index (χ2n) is 3.48. The van der Waals surface area contributed by atoms with Crippen LogP contribution in [0.1, 0.15) is 25.8 Å². The molecule has 1 unspecified atom stereocenters. The van der Waals surface area contributed by atoms with Crippen LogP contribution in [0.25, 0.3) is 0 Å². The van der Waals surface area contributed by atoms with E-state index in [4.69, 9.17) is 16.3 Å². The van der Waals surface area contributed by atoms with E-state index < -0.39 is 5.60 Å². The third-order valence-corrected chi connectivity index (χ3v) is 2.77. The van der Waals surface area contributed by atoms with Crippen LogP contribution in [0.3, 0.4) is 0 Å². The molecule has 1 aromatic rings. The predicted molar refractivity (Wildman–Crippen MR) is 57.9 cm³/mol. The van der Waals surface area contributed by atoms with Gasteiger partial charge in [0.15, 0.2) is 0 Å². The van der Waals surface area contributed by atoms with E-state index in [1.807, 2.05) is 13.0 Å². The van der Waals surface area contributed by atoms with E-state index in [2.05, 4.69) is 0 Å². The Morgan fingerprint density at radius 2 is 2.14 bits per heavy atom. The first-order valence-electron chi connectivity index (χ1n) is 4.57. The zero-order chi connectivity index (χ0) is 10.8. The minimum Gasteiger partial charge on any atom is -0.495 e. The largest absolute Gasteiger partial charge is 0.495 e. The summed E-state index contributed by atoms with van der Waals surface area (Å²) in [4.78, 5) is 0. The molecular weight excluding hydrogens is 200 g/mol. The molecule has 0 fully saturated rings. The molecule has 2 nitrogen and oxygen atoms in total. The smallest absolute Gasteiger partial charge is 0.137 e. The van der Waals surface area contributed by atoms with Crippen molar-refractivity contribution in [2.75, 3.05) is 7.11 Å². The Hall–Kier alpha value is -0.730. The van der Waals surface area contributed by atoms with Crippen LogP contribution in [0.15, 0.2) is 18.2 Å². The van der Waals surface area contributed by atoms with Gasteiger partial charge in [0.05, 0.1) is 17.7 Å². The summed E-state index contributed by atoms with van der Waals surface area (Å²) in [5.41, 5.74) is -0.000957. The summed E-state index contributed by atoms with van der Waals surface area (Å²) >= 11 is 5.88. The lowest BCUT2D eigenvalue weighted by atomic mass is 9.93. The highest BCUT2D eigenvalue weighted by molar-refractivity contribution is 6.32. The van der Waals surface area contributed by atoms with Crippen molar-refractivity contribution in [2.24, 2.45) is 0 Å². The van der Waals surface area contributed by atoms with Crippen molar-refractivity contribution >= 4 is 11.6 Å². The summed E-state index contributed by atoms with van der Waals surface area (Å²) in [6.07, 6.45) is 0.651. The van der Waals surface area contributed by atoms with Gasteiger partial charge in [-0.3, -0.25) is 0 Å². The molecular formula is C11H15ClO2. The van der Waals surface area contributed by atoms with Gasteiger partial charge in [0, 0.05) is 0 Å².